The Morgan fingerprint density at radius 3 is 2.67 bits per heavy atom. The Kier molecular flexibility index (Phi) is 4.05. The highest BCUT2D eigenvalue weighted by molar-refractivity contribution is 5.74. The van der Waals surface area contributed by atoms with Crippen LogP contribution in [0, 0.1) is 0 Å². The van der Waals surface area contributed by atoms with Crippen molar-refractivity contribution in [3.63, 3.8) is 0 Å². The van der Waals surface area contributed by atoms with Crippen molar-refractivity contribution in [2.45, 2.75) is 31.3 Å². The molecule has 15 heavy (non-hydrogen) atoms. The summed E-state index contributed by atoms with van der Waals surface area (Å²) in [6.45, 7) is 1.15. The standard InChI is InChI=1S/C9H16N2O4/c10-6(8(12)13)3-5-11-4-1-2-7(11)9(14)15/h6-7H,1-5,10H2,(H,12,13)(H,14,15). The predicted octanol–water partition coefficient (Wildman–Crippen LogP) is -0.663. The normalized spacial score (nSPS) is 23.9. The van der Waals surface area contributed by atoms with Crippen LogP contribution in [0.1, 0.15) is 19.3 Å². The first kappa shape index (κ1) is 11.9. The van der Waals surface area contributed by atoms with Crippen LogP contribution in [0.5, 0.6) is 0 Å². The van der Waals surface area contributed by atoms with Crippen LogP contribution in [0.4, 0.5) is 0 Å². The van der Waals surface area contributed by atoms with Crippen molar-refractivity contribution in [1.29, 1.82) is 0 Å². The lowest BCUT2D eigenvalue weighted by molar-refractivity contribution is -0.142. The summed E-state index contributed by atoms with van der Waals surface area (Å²) >= 11 is 0. The lowest BCUT2D eigenvalue weighted by Gasteiger charge is -2.21. The van der Waals surface area contributed by atoms with Gasteiger partial charge in [0, 0.05) is 6.54 Å². The summed E-state index contributed by atoms with van der Waals surface area (Å²) in [4.78, 5) is 23.0. The van der Waals surface area contributed by atoms with Gasteiger partial charge in [0.1, 0.15) is 12.1 Å². The fraction of sp³-hybridized carbons (Fsp3) is 0.778. The van der Waals surface area contributed by atoms with Crippen molar-refractivity contribution < 1.29 is 19.8 Å². The van der Waals surface area contributed by atoms with Crippen LogP contribution in [0.3, 0.4) is 0 Å². The van der Waals surface area contributed by atoms with E-state index in [0.29, 0.717) is 25.9 Å². The van der Waals surface area contributed by atoms with Crippen LogP contribution in [0.2, 0.25) is 0 Å². The van der Waals surface area contributed by atoms with Crippen molar-refractivity contribution in [2.24, 2.45) is 5.73 Å². The maximum absolute atomic E-state index is 10.8. The van der Waals surface area contributed by atoms with E-state index in [-0.39, 0.29) is 0 Å². The second-order valence-electron chi connectivity index (χ2n) is 3.77. The number of hydrogen-bond acceptors (Lipinski definition) is 4. The minimum atomic E-state index is -1.04. The zero-order valence-corrected chi connectivity index (χ0v) is 8.43. The number of carboxylic acid groups (broad SMARTS) is 2. The van der Waals surface area contributed by atoms with E-state index >= 15 is 0 Å². The molecule has 0 aliphatic carbocycles. The summed E-state index contributed by atoms with van der Waals surface area (Å²) in [5, 5.41) is 17.4. The molecular weight excluding hydrogens is 200 g/mol. The van der Waals surface area contributed by atoms with E-state index in [2.05, 4.69) is 0 Å². The molecule has 1 rings (SSSR count). The van der Waals surface area contributed by atoms with Gasteiger partial charge in [-0.1, -0.05) is 0 Å². The van der Waals surface area contributed by atoms with Gasteiger partial charge in [0.15, 0.2) is 0 Å². The van der Waals surface area contributed by atoms with Gasteiger partial charge in [0.25, 0.3) is 0 Å². The van der Waals surface area contributed by atoms with Gasteiger partial charge in [-0.2, -0.15) is 0 Å². The monoisotopic (exact) mass is 216 g/mol. The number of rotatable bonds is 5. The number of carboxylic acids is 2. The molecule has 0 aromatic rings. The fourth-order valence-corrected chi connectivity index (χ4v) is 1.80. The van der Waals surface area contributed by atoms with E-state index in [1.165, 1.54) is 0 Å². The molecule has 0 amide bonds. The minimum Gasteiger partial charge on any atom is -0.480 e. The Bertz CT molecular complexity index is 256. The fourth-order valence-electron chi connectivity index (χ4n) is 1.80. The van der Waals surface area contributed by atoms with E-state index in [9.17, 15) is 9.59 Å². The van der Waals surface area contributed by atoms with Crippen molar-refractivity contribution in [3.05, 3.63) is 0 Å². The summed E-state index contributed by atoms with van der Waals surface area (Å²) in [5.74, 6) is -1.88. The lowest BCUT2D eigenvalue weighted by Crippen LogP contribution is -2.40. The Morgan fingerprint density at radius 2 is 2.13 bits per heavy atom. The van der Waals surface area contributed by atoms with Gasteiger partial charge in [-0.15, -0.1) is 0 Å². The molecule has 6 nitrogen and oxygen atoms in total. The molecule has 0 spiro atoms. The molecule has 4 N–H and O–H groups in total. The van der Waals surface area contributed by atoms with Gasteiger partial charge in [-0.25, -0.2) is 0 Å². The molecule has 0 aromatic heterocycles. The number of likely N-dealkylation sites (tertiary alicyclic amines) is 1. The summed E-state index contributed by atoms with van der Waals surface area (Å²) in [6.07, 6.45) is 1.77. The maximum atomic E-state index is 10.8. The van der Waals surface area contributed by atoms with Crippen molar-refractivity contribution in [3.8, 4) is 0 Å². The molecule has 1 aliphatic rings. The van der Waals surface area contributed by atoms with Gasteiger partial charge in [0.2, 0.25) is 0 Å². The van der Waals surface area contributed by atoms with Crippen LogP contribution in [-0.4, -0.2) is 52.2 Å². The minimum absolute atomic E-state index is 0.291. The molecule has 1 heterocycles. The van der Waals surface area contributed by atoms with E-state index in [4.69, 9.17) is 15.9 Å². The zero-order valence-electron chi connectivity index (χ0n) is 8.43. The first-order valence-corrected chi connectivity index (χ1v) is 4.97. The summed E-state index contributed by atoms with van der Waals surface area (Å²) in [5.41, 5.74) is 5.34. The smallest absolute Gasteiger partial charge is 0.320 e. The average molecular weight is 216 g/mol. The second kappa shape index (κ2) is 5.09. The van der Waals surface area contributed by atoms with Crippen molar-refractivity contribution >= 4 is 11.9 Å². The Balaban J connectivity index is 2.38. The predicted molar refractivity (Wildman–Crippen MR) is 52.5 cm³/mol. The summed E-state index contributed by atoms with van der Waals surface area (Å²) < 4.78 is 0. The van der Waals surface area contributed by atoms with Gasteiger partial charge < -0.3 is 15.9 Å². The number of nitrogens with zero attached hydrogens (tertiary/aromatic N) is 1. The van der Waals surface area contributed by atoms with Gasteiger partial charge in [0.05, 0.1) is 0 Å². The SMILES string of the molecule is NC(CCN1CCCC1C(=O)O)C(=O)O. The van der Waals surface area contributed by atoms with E-state index in [1.807, 2.05) is 0 Å². The van der Waals surface area contributed by atoms with Crippen LogP contribution in [0.15, 0.2) is 0 Å². The maximum Gasteiger partial charge on any atom is 0.320 e. The van der Waals surface area contributed by atoms with E-state index in [0.717, 1.165) is 6.42 Å². The molecule has 6 heteroatoms. The highest BCUT2D eigenvalue weighted by Crippen LogP contribution is 2.17. The molecular formula is C9H16N2O4. The molecule has 1 saturated heterocycles. The van der Waals surface area contributed by atoms with Crippen molar-refractivity contribution in [2.75, 3.05) is 13.1 Å². The molecule has 2 atom stereocenters. The quantitative estimate of drug-likeness (QED) is 0.563. The molecule has 0 aromatic carbocycles. The largest absolute Gasteiger partial charge is 0.480 e. The molecule has 1 fully saturated rings. The highest BCUT2D eigenvalue weighted by atomic mass is 16.4. The highest BCUT2D eigenvalue weighted by Gasteiger charge is 2.30. The van der Waals surface area contributed by atoms with Crippen LogP contribution < -0.4 is 5.73 Å². The number of carbonyl (C=O) groups is 2. The van der Waals surface area contributed by atoms with Crippen LogP contribution in [0.25, 0.3) is 0 Å². The number of nitrogens with two attached hydrogens (primary N) is 1. The van der Waals surface area contributed by atoms with Crippen molar-refractivity contribution in [1.82, 2.24) is 4.90 Å². The molecule has 86 valence electrons. The zero-order chi connectivity index (χ0) is 11.4. The summed E-state index contributed by atoms with van der Waals surface area (Å²) in [7, 11) is 0. The Labute approximate surface area is 87.7 Å². The lowest BCUT2D eigenvalue weighted by atomic mass is 10.2. The topological polar surface area (TPSA) is 104 Å². The number of hydrogen-bond donors (Lipinski definition) is 3. The van der Waals surface area contributed by atoms with Crippen LogP contribution in [-0.2, 0) is 9.59 Å². The van der Waals surface area contributed by atoms with Crippen LogP contribution >= 0.6 is 0 Å². The Morgan fingerprint density at radius 1 is 1.47 bits per heavy atom. The Hall–Kier alpha value is -1.14. The second-order valence-corrected chi connectivity index (χ2v) is 3.77. The number of aliphatic carboxylic acids is 2. The van der Waals surface area contributed by atoms with Gasteiger partial charge in [-0.3, -0.25) is 14.5 Å². The first-order chi connectivity index (χ1) is 7.02. The third kappa shape index (κ3) is 3.17. The summed E-state index contributed by atoms with van der Waals surface area (Å²) in [6, 6.07) is -1.37. The third-order valence-corrected chi connectivity index (χ3v) is 2.69. The molecule has 0 saturated carbocycles. The van der Waals surface area contributed by atoms with Gasteiger partial charge in [-0.05, 0) is 25.8 Å². The van der Waals surface area contributed by atoms with E-state index in [1.54, 1.807) is 4.90 Å². The average Bonchev–Trinajstić information content (AvgIpc) is 2.61. The molecule has 2 unspecified atom stereocenters. The van der Waals surface area contributed by atoms with Gasteiger partial charge >= 0.3 is 11.9 Å². The molecule has 0 radical (unpaired) electrons. The molecule has 1 aliphatic heterocycles. The van der Waals surface area contributed by atoms with E-state index < -0.39 is 24.0 Å². The molecule has 0 bridgehead atoms. The third-order valence-electron chi connectivity index (χ3n) is 2.69. The first-order valence-electron chi connectivity index (χ1n) is 4.97.